The Balaban J connectivity index is 2.04. The second-order valence-electron chi connectivity index (χ2n) is 3.65. The minimum absolute atomic E-state index is 0.104. The molecule has 2 rings (SSSR count). The summed E-state index contributed by atoms with van der Waals surface area (Å²) in [6.45, 7) is 0.398. The van der Waals surface area contributed by atoms with Crippen LogP contribution in [0, 0.1) is 23.5 Å². The Morgan fingerprint density at radius 1 is 1.26 bits per heavy atom. The van der Waals surface area contributed by atoms with Crippen LogP contribution in [0.4, 0.5) is 8.78 Å². The molecule has 2 nitrogen and oxygen atoms in total. The van der Waals surface area contributed by atoms with Gasteiger partial charge in [-0.15, -0.1) is 11.3 Å². The zero-order chi connectivity index (χ0) is 13.7. The Bertz CT molecular complexity index is 608. The Morgan fingerprint density at radius 2 is 2.00 bits per heavy atom. The van der Waals surface area contributed by atoms with Gasteiger partial charge in [0.25, 0.3) is 0 Å². The molecule has 0 amide bonds. The van der Waals surface area contributed by atoms with Crippen molar-refractivity contribution in [1.82, 2.24) is 0 Å². The second kappa shape index (κ2) is 6.32. The molecule has 0 spiro atoms. The molecule has 2 N–H and O–H groups in total. The zero-order valence-corrected chi connectivity index (χ0v) is 10.8. The number of nitrogens with two attached hydrogens (primary N) is 1. The third kappa shape index (κ3) is 3.53. The van der Waals surface area contributed by atoms with E-state index in [9.17, 15) is 8.78 Å². The van der Waals surface area contributed by atoms with E-state index in [0.29, 0.717) is 6.54 Å². The summed E-state index contributed by atoms with van der Waals surface area (Å²) < 4.78 is 31.8. The fourth-order valence-electron chi connectivity index (χ4n) is 1.44. The van der Waals surface area contributed by atoms with Crippen molar-refractivity contribution < 1.29 is 13.5 Å². The van der Waals surface area contributed by atoms with Crippen molar-refractivity contribution in [2.24, 2.45) is 5.73 Å². The Morgan fingerprint density at radius 3 is 2.68 bits per heavy atom. The molecule has 2 aromatic rings. The van der Waals surface area contributed by atoms with Gasteiger partial charge in [0, 0.05) is 15.8 Å². The van der Waals surface area contributed by atoms with Gasteiger partial charge in [-0.05, 0) is 18.2 Å². The van der Waals surface area contributed by atoms with Crippen LogP contribution in [0.1, 0.15) is 10.4 Å². The summed E-state index contributed by atoms with van der Waals surface area (Å²) in [5, 5.41) is 1.85. The first-order valence-corrected chi connectivity index (χ1v) is 6.42. The third-order valence-electron chi connectivity index (χ3n) is 2.27. The zero-order valence-electron chi connectivity index (χ0n) is 9.95. The highest BCUT2D eigenvalue weighted by Gasteiger charge is 2.10. The number of para-hydroxylation sites is 1. The highest BCUT2D eigenvalue weighted by atomic mass is 32.1. The summed E-state index contributed by atoms with van der Waals surface area (Å²) in [5.41, 5.74) is 6.10. The van der Waals surface area contributed by atoms with Crippen LogP contribution < -0.4 is 10.5 Å². The summed E-state index contributed by atoms with van der Waals surface area (Å²) in [6.07, 6.45) is 0. The fraction of sp³-hybridized carbons (Fsp3) is 0.143. The number of rotatable bonds is 3. The van der Waals surface area contributed by atoms with Crippen LogP contribution >= 0.6 is 11.3 Å². The smallest absolute Gasteiger partial charge is 0.191 e. The molecule has 0 aliphatic heterocycles. The highest BCUT2D eigenvalue weighted by molar-refractivity contribution is 7.10. The highest BCUT2D eigenvalue weighted by Crippen LogP contribution is 2.23. The number of hydrogen-bond donors (Lipinski definition) is 1. The maximum absolute atomic E-state index is 13.3. The van der Waals surface area contributed by atoms with Crippen LogP contribution in [0.3, 0.4) is 0 Å². The molecule has 1 aromatic carbocycles. The third-order valence-corrected chi connectivity index (χ3v) is 3.18. The maximum atomic E-state index is 13.3. The normalized spacial score (nSPS) is 9.84. The van der Waals surface area contributed by atoms with Crippen LogP contribution in [0.5, 0.6) is 5.75 Å². The average molecular weight is 279 g/mol. The van der Waals surface area contributed by atoms with Crippen LogP contribution in [-0.4, -0.2) is 6.54 Å². The molecular weight excluding hydrogens is 268 g/mol. The van der Waals surface area contributed by atoms with Crippen molar-refractivity contribution >= 4 is 11.3 Å². The number of hydrogen-bond acceptors (Lipinski definition) is 3. The summed E-state index contributed by atoms with van der Waals surface area (Å²) >= 11 is 1.42. The van der Waals surface area contributed by atoms with Crippen molar-refractivity contribution in [2.75, 3.05) is 6.54 Å². The molecule has 98 valence electrons. The summed E-state index contributed by atoms with van der Waals surface area (Å²) in [6, 6.07) is 5.42. The van der Waals surface area contributed by atoms with Gasteiger partial charge in [0.2, 0.25) is 0 Å². The second-order valence-corrected chi connectivity index (χ2v) is 4.64. The van der Waals surface area contributed by atoms with Gasteiger partial charge >= 0.3 is 0 Å². The monoisotopic (exact) mass is 279 g/mol. The van der Waals surface area contributed by atoms with E-state index in [1.165, 1.54) is 17.4 Å². The first-order valence-electron chi connectivity index (χ1n) is 5.54. The van der Waals surface area contributed by atoms with E-state index in [1.807, 2.05) is 11.4 Å². The SMILES string of the molecule is NCC#Cc1csc(COc2c(F)cccc2F)c1. The minimum atomic E-state index is -0.709. The number of ether oxygens (including phenoxy) is 1. The van der Waals surface area contributed by atoms with Crippen molar-refractivity contribution in [3.05, 3.63) is 51.7 Å². The summed E-state index contributed by atoms with van der Waals surface area (Å²) in [7, 11) is 0. The predicted molar refractivity (Wildman–Crippen MR) is 70.9 cm³/mol. The van der Waals surface area contributed by atoms with E-state index in [-0.39, 0.29) is 12.4 Å². The summed E-state index contributed by atoms with van der Waals surface area (Å²) in [4.78, 5) is 0.837. The van der Waals surface area contributed by atoms with Crippen LogP contribution in [0.25, 0.3) is 0 Å². The molecule has 0 aliphatic carbocycles. The van der Waals surface area contributed by atoms with E-state index in [0.717, 1.165) is 22.6 Å². The van der Waals surface area contributed by atoms with Gasteiger partial charge in [-0.2, -0.15) is 0 Å². The Labute approximate surface area is 113 Å². The molecule has 0 saturated carbocycles. The van der Waals surface area contributed by atoms with Gasteiger partial charge in [-0.3, -0.25) is 0 Å². The van der Waals surface area contributed by atoms with E-state index in [1.54, 1.807) is 0 Å². The Kier molecular flexibility index (Phi) is 4.50. The van der Waals surface area contributed by atoms with Crippen LogP contribution in [0.2, 0.25) is 0 Å². The number of thiophene rings is 1. The predicted octanol–water partition coefficient (Wildman–Crippen LogP) is 2.92. The molecule has 0 saturated heterocycles. The van der Waals surface area contributed by atoms with E-state index >= 15 is 0 Å². The molecule has 0 radical (unpaired) electrons. The lowest BCUT2D eigenvalue weighted by molar-refractivity contribution is 0.277. The molecular formula is C14H11F2NOS. The van der Waals surface area contributed by atoms with E-state index in [2.05, 4.69) is 11.8 Å². The van der Waals surface area contributed by atoms with Gasteiger partial charge in [0.1, 0.15) is 6.61 Å². The molecule has 0 bridgehead atoms. The van der Waals surface area contributed by atoms with Gasteiger partial charge in [0.15, 0.2) is 17.4 Å². The number of halogens is 2. The van der Waals surface area contributed by atoms with Gasteiger partial charge in [-0.1, -0.05) is 17.9 Å². The van der Waals surface area contributed by atoms with E-state index < -0.39 is 11.6 Å². The molecule has 0 aliphatic rings. The first-order chi connectivity index (χ1) is 9.20. The van der Waals surface area contributed by atoms with Gasteiger partial charge in [0.05, 0.1) is 6.54 Å². The van der Waals surface area contributed by atoms with Crippen molar-refractivity contribution in [3.63, 3.8) is 0 Å². The molecule has 0 fully saturated rings. The fourth-order valence-corrected chi connectivity index (χ4v) is 2.17. The molecule has 19 heavy (non-hydrogen) atoms. The van der Waals surface area contributed by atoms with Crippen molar-refractivity contribution in [2.45, 2.75) is 6.61 Å². The molecule has 0 unspecified atom stereocenters. The largest absolute Gasteiger partial charge is 0.482 e. The van der Waals surface area contributed by atoms with Gasteiger partial charge in [-0.25, -0.2) is 8.78 Å². The molecule has 1 aromatic heterocycles. The summed E-state index contributed by atoms with van der Waals surface area (Å²) in [5.74, 6) is 3.84. The van der Waals surface area contributed by atoms with E-state index in [4.69, 9.17) is 10.5 Å². The van der Waals surface area contributed by atoms with Crippen LogP contribution in [-0.2, 0) is 6.61 Å². The minimum Gasteiger partial charge on any atom is -0.482 e. The molecule has 0 atom stereocenters. The quantitative estimate of drug-likeness (QED) is 0.877. The lowest BCUT2D eigenvalue weighted by atomic mass is 10.3. The average Bonchev–Trinajstić information content (AvgIpc) is 2.84. The lowest BCUT2D eigenvalue weighted by Gasteiger charge is -2.06. The standard InChI is InChI=1S/C14H11F2NOS/c15-12-4-1-5-13(16)14(12)18-8-11-7-10(9-19-11)3-2-6-17/h1,4-5,7,9H,6,8,17H2. The first kappa shape index (κ1) is 13.5. The Hall–Kier alpha value is -1.90. The van der Waals surface area contributed by atoms with Crippen LogP contribution in [0.15, 0.2) is 29.6 Å². The lowest BCUT2D eigenvalue weighted by Crippen LogP contribution is -1.98. The molecule has 1 heterocycles. The van der Waals surface area contributed by atoms with Crippen molar-refractivity contribution in [1.29, 1.82) is 0 Å². The van der Waals surface area contributed by atoms with Gasteiger partial charge < -0.3 is 10.5 Å². The topological polar surface area (TPSA) is 35.2 Å². The van der Waals surface area contributed by atoms with Crippen molar-refractivity contribution in [3.8, 4) is 17.6 Å². The maximum Gasteiger partial charge on any atom is 0.191 e. The number of benzene rings is 1. The molecule has 5 heteroatoms.